The van der Waals surface area contributed by atoms with E-state index in [1.165, 1.54) is 0 Å². The first kappa shape index (κ1) is 17.0. The summed E-state index contributed by atoms with van der Waals surface area (Å²) in [5.41, 5.74) is 0.786. The molecule has 4 rings (SSSR count). The Bertz CT molecular complexity index is 680. The van der Waals surface area contributed by atoms with Crippen LogP contribution in [0.2, 0.25) is 12.6 Å². The molecule has 0 amide bonds. The topological polar surface area (TPSA) is 51.5 Å². The molecule has 2 heterocycles. The number of benzene rings is 1. The Labute approximate surface area is 151 Å². The second-order valence-electron chi connectivity index (χ2n) is 9.04. The van der Waals surface area contributed by atoms with Crippen LogP contribution in [0.15, 0.2) is 24.3 Å². The summed E-state index contributed by atoms with van der Waals surface area (Å²) < 4.78 is 18.3. The number of hydrogen-bond acceptors (Lipinski definition) is 4. The first-order chi connectivity index (χ1) is 11.7. The Morgan fingerprint density at radius 2 is 1.60 bits per heavy atom. The van der Waals surface area contributed by atoms with Crippen LogP contribution in [0, 0.1) is 16.6 Å². The van der Waals surface area contributed by atoms with E-state index in [9.17, 15) is 0 Å². The highest BCUT2D eigenvalue weighted by molar-refractivity contribution is 6.70. The largest absolute Gasteiger partial charge is 0.494 e. The van der Waals surface area contributed by atoms with E-state index in [1.807, 2.05) is 24.3 Å². The van der Waals surface area contributed by atoms with Gasteiger partial charge in [-0.1, -0.05) is 24.8 Å². The predicted octanol–water partition coefficient (Wildman–Crippen LogP) is 3.08. The molecule has 0 bridgehead atoms. The maximum absolute atomic E-state index is 8.92. The molecule has 0 N–H and O–H groups in total. The van der Waals surface area contributed by atoms with E-state index in [0.29, 0.717) is 11.5 Å². The van der Waals surface area contributed by atoms with Crippen molar-refractivity contribution in [1.29, 1.82) is 5.26 Å². The van der Waals surface area contributed by atoms with Crippen LogP contribution in [0.25, 0.3) is 0 Å². The minimum atomic E-state index is -0.330. The lowest BCUT2D eigenvalue weighted by atomic mass is 9.24. The molecule has 4 nitrogen and oxygen atoms in total. The molecular formula is C19H25B2NO3. The van der Waals surface area contributed by atoms with Gasteiger partial charge in [0, 0.05) is 5.97 Å². The number of rotatable bonds is 3. The van der Waals surface area contributed by atoms with Gasteiger partial charge in [-0.3, -0.25) is 0 Å². The van der Waals surface area contributed by atoms with Crippen molar-refractivity contribution >= 4 is 19.3 Å². The van der Waals surface area contributed by atoms with Crippen LogP contribution in [0.4, 0.5) is 0 Å². The number of hydrogen-bond donors (Lipinski definition) is 0. The summed E-state index contributed by atoms with van der Waals surface area (Å²) in [6.07, 6.45) is 4.59. The molecular weight excluding hydrogens is 312 g/mol. The second kappa shape index (κ2) is 5.53. The first-order valence-electron chi connectivity index (χ1n) is 9.24. The summed E-state index contributed by atoms with van der Waals surface area (Å²) in [7, 11) is -0.330. The summed E-state index contributed by atoms with van der Waals surface area (Å²) in [5.74, 6) is 3.27. The van der Waals surface area contributed by atoms with E-state index >= 15 is 0 Å². The van der Waals surface area contributed by atoms with Gasteiger partial charge in [-0.2, -0.15) is 0 Å². The van der Waals surface area contributed by atoms with Crippen molar-refractivity contribution in [2.75, 3.05) is 0 Å². The van der Waals surface area contributed by atoms with Crippen molar-refractivity contribution in [2.24, 2.45) is 5.41 Å². The monoisotopic (exact) mass is 337 g/mol. The molecule has 0 radical (unpaired) electrons. The van der Waals surface area contributed by atoms with Crippen LogP contribution >= 0.6 is 0 Å². The number of ether oxygens (including phenoxy) is 1. The first-order valence-corrected chi connectivity index (χ1v) is 9.24. The second-order valence-corrected chi connectivity index (χ2v) is 9.04. The summed E-state index contributed by atoms with van der Waals surface area (Å²) in [6.45, 7) is 8.53. The molecule has 1 saturated carbocycles. The van der Waals surface area contributed by atoms with Gasteiger partial charge in [-0.25, -0.2) is 5.26 Å². The van der Waals surface area contributed by atoms with Crippen molar-refractivity contribution in [3.8, 4) is 11.7 Å². The van der Waals surface area contributed by atoms with Gasteiger partial charge in [0.15, 0.2) is 0 Å². The lowest BCUT2D eigenvalue weighted by Crippen LogP contribution is -2.54. The van der Waals surface area contributed by atoms with E-state index in [0.717, 1.165) is 36.7 Å². The molecule has 1 spiro atoms. The van der Waals surface area contributed by atoms with E-state index < -0.39 is 0 Å². The Balaban J connectivity index is 1.33. The third-order valence-corrected chi connectivity index (χ3v) is 6.57. The highest BCUT2D eigenvalue weighted by Crippen LogP contribution is 2.57. The summed E-state index contributed by atoms with van der Waals surface area (Å²) in [5, 5.41) is 8.92. The van der Waals surface area contributed by atoms with Gasteiger partial charge in [0.1, 0.15) is 5.75 Å². The molecule has 1 aromatic carbocycles. The summed E-state index contributed by atoms with van der Waals surface area (Å²) >= 11 is 0. The molecule has 0 atom stereocenters. The van der Waals surface area contributed by atoms with Gasteiger partial charge in [0.25, 0.3) is 6.71 Å². The van der Waals surface area contributed by atoms with Gasteiger partial charge < -0.3 is 14.0 Å². The molecule has 6 heteroatoms. The maximum Gasteiger partial charge on any atom is 0.494 e. The van der Waals surface area contributed by atoms with Crippen LogP contribution in [-0.4, -0.2) is 31.1 Å². The highest BCUT2D eigenvalue weighted by Gasteiger charge is 2.55. The molecule has 0 unspecified atom stereocenters. The molecule has 2 saturated heterocycles. The smallest absolute Gasteiger partial charge is 0.490 e. The molecule has 1 aromatic rings. The van der Waals surface area contributed by atoms with E-state index in [-0.39, 0.29) is 25.0 Å². The van der Waals surface area contributed by atoms with Crippen LogP contribution in [-0.2, 0) is 9.31 Å². The third kappa shape index (κ3) is 2.88. The molecule has 25 heavy (non-hydrogen) atoms. The van der Waals surface area contributed by atoms with E-state index in [4.69, 9.17) is 19.3 Å². The standard InChI is InChI=1S/C19H25B2NO3/c1-17(2)18(3,4)25-21(24-17)14-5-7-15(8-6-14)23-16-9-19(10-16)11-20(12-19)13-22/h5-8,16H,9-12H2,1-4H3. The minimum absolute atomic E-state index is 0.278. The summed E-state index contributed by atoms with van der Waals surface area (Å²) in [4.78, 5) is 0. The number of nitrogens with zero attached hydrogens (tertiary/aromatic N) is 1. The molecule has 3 aliphatic rings. The van der Waals surface area contributed by atoms with Crippen molar-refractivity contribution in [3.63, 3.8) is 0 Å². The third-order valence-electron chi connectivity index (χ3n) is 6.57. The Kier molecular flexibility index (Phi) is 3.76. The normalized spacial score (nSPS) is 26.0. The lowest BCUT2D eigenvalue weighted by Gasteiger charge is -2.54. The Morgan fingerprint density at radius 1 is 1.04 bits per heavy atom. The minimum Gasteiger partial charge on any atom is -0.490 e. The summed E-state index contributed by atoms with van der Waals surface area (Å²) in [6, 6.07) is 8.07. The zero-order valence-electron chi connectivity index (χ0n) is 15.5. The quantitative estimate of drug-likeness (QED) is 0.796. The van der Waals surface area contributed by atoms with E-state index in [1.54, 1.807) is 0 Å². The maximum atomic E-state index is 8.92. The van der Waals surface area contributed by atoms with Crippen molar-refractivity contribution < 1.29 is 14.0 Å². The zero-order chi connectivity index (χ0) is 17.9. The fourth-order valence-corrected chi connectivity index (χ4v) is 4.27. The van der Waals surface area contributed by atoms with Gasteiger partial charge in [-0.15, -0.1) is 0 Å². The SMILES string of the molecule is CC1(C)OB(c2ccc(OC3CC4(CB(C#N)C4)C3)cc2)OC1(C)C. The van der Waals surface area contributed by atoms with Gasteiger partial charge in [0.2, 0.25) is 0 Å². The van der Waals surface area contributed by atoms with Crippen LogP contribution in [0.1, 0.15) is 40.5 Å². The average Bonchev–Trinajstić information content (AvgIpc) is 2.69. The average molecular weight is 337 g/mol. The fourth-order valence-electron chi connectivity index (χ4n) is 4.27. The number of nitriles is 1. The van der Waals surface area contributed by atoms with E-state index in [2.05, 4.69) is 33.7 Å². The van der Waals surface area contributed by atoms with Crippen LogP contribution in [0.5, 0.6) is 5.75 Å². The van der Waals surface area contributed by atoms with Gasteiger partial charge in [-0.05, 0) is 63.5 Å². The fraction of sp³-hybridized carbons (Fsp3) is 0.632. The van der Waals surface area contributed by atoms with Crippen LogP contribution in [0.3, 0.4) is 0 Å². The molecule has 3 fully saturated rings. The van der Waals surface area contributed by atoms with Gasteiger partial charge >= 0.3 is 7.12 Å². The van der Waals surface area contributed by atoms with Crippen molar-refractivity contribution in [3.05, 3.63) is 24.3 Å². The van der Waals surface area contributed by atoms with Gasteiger partial charge in [0.05, 0.1) is 17.3 Å². The van der Waals surface area contributed by atoms with Crippen molar-refractivity contribution in [1.82, 2.24) is 0 Å². The Morgan fingerprint density at radius 3 is 2.12 bits per heavy atom. The molecule has 130 valence electrons. The predicted molar refractivity (Wildman–Crippen MR) is 99.2 cm³/mol. The Hall–Kier alpha value is -1.44. The molecule has 0 aromatic heterocycles. The molecule has 2 aliphatic heterocycles. The van der Waals surface area contributed by atoms with Crippen LogP contribution < -0.4 is 10.2 Å². The lowest BCUT2D eigenvalue weighted by molar-refractivity contribution is -0.00137. The highest BCUT2D eigenvalue weighted by atomic mass is 16.7. The van der Waals surface area contributed by atoms with Crippen molar-refractivity contribution in [2.45, 2.75) is 70.5 Å². The zero-order valence-corrected chi connectivity index (χ0v) is 15.5. The molecule has 1 aliphatic carbocycles.